The summed E-state index contributed by atoms with van der Waals surface area (Å²) in [5.74, 6) is 1.17. The minimum Gasteiger partial charge on any atom is -0.484 e. The van der Waals surface area contributed by atoms with E-state index < -0.39 is 0 Å². The fourth-order valence-corrected chi connectivity index (χ4v) is 4.88. The number of aromatic amines is 1. The number of nitrogens with one attached hydrogen (secondary N) is 2. The van der Waals surface area contributed by atoms with Gasteiger partial charge in [-0.1, -0.05) is 44.2 Å². The summed E-state index contributed by atoms with van der Waals surface area (Å²) in [6.45, 7) is 6.96. The van der Waals surface area contributed by atoms with Gasteiger partial charge in [-0.3, -0.25) is 4.79 Å². The first-order valence-corrected chi connectivity index (χ1v) is 11.5. The molecule has 1 amide bonds. The van der Waals surface area contributed by atoms with Gasteiger partial charge in [0.05, 0.1) is 0 Å². The molecule has 4 rings (SSSR count). The topological polar surface area (TPSA) is 54.1 Å². The summed E-state index contributed by atoms with van der Waals surface area (Å²) in [4.78, 5) is 17.1. The number of aryl methyl sites for hydroxylation is 1. The highest BCUT2D eigenvalue weighted by atomic mass is 32.1. The minimum absolute atomic E-state index is 0.00547. The Hall–Kier alpha value is -3.05. The SMILES string of the molecule is Cc1cc(OCC(=O)NCC(c2cccs2)c2c[nH]c3ccccc23)ccc1C(C)C. The van der Waals surface area contributed by atoms with E-state index in [0.29, 0.717) is 12.5 Å². The van der Waals surface area contributed by atoms with E-state index >= 15 is 0 Å². The van der Waals surface area contributed by atoms with Crippen LogP contribution in [0.15, 0.2) is 66.2 Å². The molecule has 2 N–H and O–H groups in total. The molecule has 0 aliphatic carbocycles. The van der Waals surface area contributed by atoms with Crippen LogP contribution in [-0.4, -0.2) is 24.0 Å². The molecule has 1 unspecified atom stereocenters. The molecule has 2 aromatic heterocycles. The van der Waals surface area contributed by atoms with Gasteiger partial charge in [-0.15, -0.1) is 11.3 Å². The monoisotopic (exact) mass is 432 g/mol. The maximum atomic E-state index is 12.5. The van der Waals surface area contributed by atoms with Crippen molar-refractivity contribution in [2.24, 2.45) is 0 Å². The van der Waals surface area contributed by atoms with Gasteiger partial charge in [0.2, 0.25) is 0 Å². The molecule has 0 saturated carbocycles. The van der Waals surface area contributed by atoms with Crippen LogP contribution in [0.4, 0.5) is 0 Å². The number of hydrogen-bond donors (Lipinski definition) is 2. The Bertz CT molecular complexity index is 1160. The number of hydrogen-bond acceptors (Lipinski definition) is 3. The molecular formula is C26H28N2O2S. The van der Waals surface area contributed by atoms with Gasteiger partial charge in [0.15, 0.2) is 6.61 Å². The van der Waals surface area contributed by atoms with Crippen molar-refractivity contribution in [2.75, 3.05) is 13.2 Å². The zero-order valence-electron chi connectivity index (χ0n) is 18.1. The molecule has 0 fully saturated rings. The first kappa shape index (κ1) is 21.2. The van der Waals surface area contributed by atoms with E-state index in [9.17, 15) is 4.79 Å². The molecule has 0 bridgehead atoms. The van der Waals surface area contributed by atoms with Crippen LogP contribution >= 0.6 is 11.3 Å². The van der Waals surface area contributed by atoms with Gasteiger partial charge in [0.1, 0.15) is 5.75 Å². The van der Waals surface area contributed by atoms with Crippen molar-refractivity contribution in [1.82, 2.24) is 10.3 Å². The first-order valence-electron chi connectivity index (χ1n) is 10.6. The van der Waals surface area contributed by atoms with Crippen molar-refractivity contribution in [1.29, 1.82) is 0 Å². The standard InChI is InChI=1S/C26H28N2O2S/c1-17(2)20-11-10-19(13-18(20)3)30-16-26(29)28-15-23(25-9-6-12-31-25)22-14-27-24-8-5-4-7-21(22)24/h4-14,17,23,27H,15-16H2,1-3H3,(H,28,29). The van der Waals surface area contributed by atoms with Crippen molar-refractivity contribution >= 4 is 28.1 Å². The van der Waals surface area contributed by atoms with Gasteiger partial charge in [0.25, 0.3) is 5.91 Å². The molecule has 1 atom stereocenters. The highest BCUT2D eigenvalue weighted by Gasteiger charge is 2.20. The van der Waals surface area contributed by atoms with Crippen LogP contribution in [-0.2, 0) is 4.79 Å². The predicted octanol–water partition coefficient (Wildman–Crippen LogP) is 5.99. The molecule has 0 aliphatic heterocycles. The van der Waals surface area contributed by atoms with Crippen molar-refractivity contribution in [2.45, 2.75) is 32.6 Å². The highest BCUT2D eigenvalue weighted by Crippen LogP contribution is 2.32. The van der Waals surface area contributed by atoms with Crippen LogP contribution in [0.25, 0.3) is 10.9 Å². The largest absolute Gasteiger partial charge is 0.484 e. The van der Waals surface area contributed by atoms with Crippen LogP contribution in [0.2, 0.25) is 0 Å². The van der Waals surface area contributed by atoms with E-state index in [-0.39, 0.29) is 18.4 Å². The van der Waals surface area contributed by atoms with E-state index in [1.165, 1.54) is 27.0 Å². The Kier molecular flexibility index (Phi) is 6.42. The number of carbonyl (C=O) groups is 1. The van der Waals surface area contributed by atoms with E-state index in [1.807, 2.05) is 24.3 Å². The third-order valence-electron chi connectivity index (χ3n) is 5.62. The van der Waals surface area contributed by atoms with Crippen LogP contribution in [0.5, 0.6) is 5.75 Å². The van der Waals surface area contributed by atoms with Gasteiger partial charge in [-0.25, -0.2) is 0 Å². The molecule has 4 aromatic rings. The lowest BCUT2D eigenvalue weighted by atomic mass is 9.96. The average Bonchev–Trinajstić information content (AvgIpc) is 3.43. The molecule has 0 aliphatic rings. The number of H-pyrrole nitrogens is 1. The summed E-state index contributed by atoms with van der Waals surface area (Å²) in [6.07, 6.45) is 2.05. The summed E-state index contributed by atoms with van der Waals surface area (Å²) >= 11 is 1.71. The summed E-state index contributed by atoms with van der Waals surface area (Å²) in [7, 11) is 0. The maximum absolute atomic E-state index is 12.5. The molecule has 31 heavy (non-hydrogen) atoms. The van der Waals surface area contributed by atoms with Gasteiger partial charge in [-0.2, -0.15) is 0 Å². The van der Waals surface area contributed by atoms with Crippen molar-refractivity contribution in [3.05, 3.63) is 87.7 Å². The molecule has 0 saturated heterocycles. The maximum Gasteiger partial charge on any atom is 0.257 e. The van der Waals surface area contributed by atoms with Crippen molar-refractivity contribution in [3.8, 4) is 5.75 Å². The van der Waals surface area contributed by atoms with Crippen molar-refractivity contribution in [3.63, 3.8) is 0 Å². The van der Waals surface area contributed by atoms with E-state index in [4.69, 9.17) is 4.74 Å². The van der Waals surface area contributed by atoms with E-state index in [1.54, 1.807) is 11.3 Å². The van der Waals surface area contributed by atoms with Crippen LogP contribution in [0.3, 0.4) is 0 Å². The average molecular weight is 433 g/mol. The number of para-hydroxylation sites is 1. The van der Waals surface area contributed by atoms with Gasteiger partial charge in [-0.05, 0) is 59.2 Å². The van der Waals surface area contributed by atoms with Crippen LogP contribution in [0, 0.1) is 6.92 Å². The second-order valence-corrected chi connectivity index (χ2v) is 9.10. The molecular weight excluding hydrogens is 404 g/mol. The third-order valence-corrected chi connectivity index (χ3v) is 6.61. The lowest BCUT2D eigenvalue weighted by Crippen LogP contribution is -2.32. The lowest BCUT2D eigenvalue weighted by molar-refractivity contribution is -0.123. The van der Waals surface area contributed by atoms with Gasteiger partial charge in [0, 0.05) is 34.4 Å². The number of benzene rings is 2. The summed E-state index contributed by atoms with van der Waals surface area (Å²) in [5.41, 5.74) is 4.78. The Morgan fingerprint density at radius 3 is 2.68 bits per heavy atom. The summed E-state index contributed by atoms with van der Waals surface area (Å²) in [6, 6.07) is 18.5. The summed E-state index contributed by atoms with van der Waals surface area (Å²) < 4.78 is 5.75. The quantitative estimate of drug-likeness (QED) is 0.359. The van der Waals surface area contributed by atoms with Gasteiger partial charge >= 0.3 is 0 Å². The number of amides is 1. The van der Waals surface area contributed by atoms with Gasteiger partial charge < -0.3 is 15.0 Å². The summed E-state index contributed by atoms with van der Waals surface area (Å²) in [5, 5.41) is 6.33. The molecule has 0 spiro atoms. The number of fused-ring (bicyclic) bond motifs is 1. The number of ether oxygens (including phenoxy) is 1. The smallest absolute Gasteiger partial charge is 0.257 e. The molecule has 4 nitrogen and oxygen atoms in total. The molecule has 5 heteroatoms. The second-order valence-electron chi connectivity index (χ2n) is 8.12. The van der Waals surface area contributed by atoms with Crippen molar-refractivity contribution < 1.29 is 9.53 Å². The number of aromatic nitrogens is 1. The third kappa shape index (κ3) is 4.83. The Labute approximate surface area is 187 Å². The Morgan fingerprint density at radius 1 is 1.10 bits per heavy atom. The molecule has 2 aromatic carbocycles. The molecule has 160 valence electrons. The van der Waals surface area contributed by atoms with E-state index in [0.717, 1.165) is 11.3 Å². The minimum atomic E-state index is -0.119. The fourth-order valence-electron chi connectivity index (χ4n) is 4.04. The zero-order chi connectivity index (χ0) is 21.8. The number of carbonyl (C=O) groups excluding carboxylic acids is 1. The number of rotatable bonds is 8. The Morgan fingerprint density at radius 2 is 1.94 bits per heavy atom. The van der Waals surface area contributed by atoms with Crippen LogP contribution < -0.4 is 10.1 Å². The Balaban J connectivity index is 1.42. The highest BCUT2D eigenvalue weighted by molar-refractivity contribution is 7.10. The first-order chi connectivity index (χ1) is 15.0. The van der Waals surface area contributed by atoms with Crippen LogP contribution in [0.1, 0.15) is 47.3 Å². The predicted molar refractivity (Wildman–Crippen MR) is 128 cm³/mol. The molecule has 0 radical (unpaired) electrons. The fraction of sp³-hybridized carbons (Fsp3) is 0.269. The molecule has 2 heterocycles. The normalized spacial score (nSPS) is 12.3. The lowest BCUT2D eigenvalue weighted by Gasteiger charge is -2.17. The zero-order valence-corrected chi connectivity index (χ0v) is 19.0. The van der Waals surface area contributed by atoms with E-state index in [2.05, 4.69) is 73.0 Å². The number of thiophene rings is 1. The second kappa shape index (κ2) is 9.40.